The largest absolute Gasteiger partial charge is 0.390 e. The van der Waals surface area contributed by atoms with Crippen LogP contribution < -0.4 is 4.90 Å². The fourth-order valence-electron chi connectivity index (χ4n) is 5.21. The van der Waals surface area contributed by atoms with Gasteiger partial charge in [-0.05, 0) is 36.1 Å². The van der Waals surface area contributed by atoms with Crippen LogP contribution in [-0.4, -0.2) is 47.3 Å². The van der Waals surface area contributed by atoms with Gasteiger partial charge in [0.2, 0.25) is 0 Å². The molecule has 0 saturated carbocycles. The number of piperidine rings is 1. The van der Waals surface area contributed by atoms with Crippen molar-refractivity contribution in [1.82, 2.24) is 9.88 Å². The van der Waals surface area contributed by atoms with E-state index in [1.165, 1.54) is 11.1 Å². The summed E-state index contributed by atoms with van der Waals surface area (Å²) in [4.78, 5) is 9.17. The normalized spacial score (nSPS) is 26.7. The number of halogens is 1. The second-order valence-corrected chi connectivity index (χ2v) is 8.32. The minimum absolute atomic E-state index is 0.0939. The summed E-state index contributed by atoms with van der Waals surface area (Å²) in [6, 6.07) is 12.6. The van der Waals surface area contributed by atoms with Crippen LogP contribution in [0.3, 0.4) is 0 Å². The van der Waals surface area contributed by atoms with Gasteiger partial charge in [-0.25, -0.2) is 4.98 Å². The van der Waals surface area contributed by atoms with E-state index in [-0.39, 0.29) is 17.6 Å². The molecule has 0 amide bonds. The molecule has 1 aliphatic carbocycles. The van der Waals surface area contributed by atoms with Gasteiger partial charge in [0.25, 0.3) is 0 Å². The topological polar surface area (TPSA) is 39.6 Å². The number of benzene rings is 1. The number of nitrogens with zero attached hydrogens (tertiary/aromatic N) is 3. The Hall–Kier alpha value is -1.88. The highest BCUT2D eigenvalue weighted by Crippen LogP contribution is 2.53. The Balaban J connectivity index is 1.43. The Labute approximate surface area is 165 Å². The Morgan fingerprint density at radius 1 is 1.04 bits per heavy atom. The smallest absolute Gasteiger partial charge is 0.128 e. The van der Waals surface area contributed by atoms with Crippen molar-refractivity contribution in [3.05, 3.63) is 70.9 Å². The zero-order valence-corrected chi connectivity index (χ0v) is 16.0. The molecule has 5 rings (SSSR count). The number of anilines is 1. The predicted molar refractivity (Wildman–Crippen MR) is 108 cm³/mol. The van der Waals surface area contributed by atoms with E-state index in [1.807, 2.05) is 12.1 Å². The second kappa shape index (κ2) is 6.62. The molecule has 27 heavy (non-hydrogen) atoms. The van der Waals surface area contributed by atoms with Crippen LogP contribution in [0.2, 0.25) is 5.02 Å². The molecular weight excluding hydrogens is 358 g/mol. The third kappa shape index (κ3) is 2.70. The molecule has 2 aromatic rings. The Kier molecular flexibility index (Phi) is 4.23. The first-order valence-electron chi connectivity index (χ1n) is 9.72. The van der Waals surface area contributed by atoms with Crippen molar-refractivity contribution in [3.63, 3.8) is 0 Å². The molecule has 2 aliphatic heterocycles. The van der Waals surface area contributed by atoms with Crippen LogP contribution in [0.15, 0.2) is 54.7 Å². The van der Waals surface area contributed by atoms with Crippen molar-refractivity contribution in [3.8, 4) is 0 Å². The third-order valence-corrected chi connectivity index (χ3v) is 6.84. The lowest BCUT2D eigenvalue weighted by molar-refractivity contribution is 0.00982. The zero-order chi connectivity index (χ0) is 18.4. The van der Waals surface area contributed by atoms with Crippen molar-refractivity contribution in [2.45, 2.75) is 30.4 Å². The van der Waals surface area contributed by atoms with Gasteiger partial charge < -0.3 is 10.0 Å². The standard InChI is InChI=1S/C22H24ClN3O/c23-16-7-8-19(24-15-16)25-13-9-22(10-14-25)18-6-2-1-5-17(18)20(21(22)27)26-11-3-4-12-26/h1-8,15,20-21,27H,9-14H2/t20-,21+/m0/s1. The average molecular weight is 382 g/mol. The number of aliphatic hydroxyl groups is 1. The summed E-state index contributed by atoms with van der Waals surface area (Å²) in [5.41, 5.74) is 2.50. The lowest BCUT2D eigenvalue weighted by Gasteiger charge is -2.44. The Morgan fingerprint density at radius 3 is 2.48 bits per heavy atom. The van der Waals surface area contributed by atoms with E-state index in [0.29, 0.717) is 5.02 Å². The molecule has 0 unspecified atom stereocenters. The summed E-state index contributed by atoms with van der Waals surface area (Å²) in [6.45, 7) is 3.63. The van der Waals surface area contributed by atoms with E-state index in [4.69, 9.17) is 11.6 Å². The highest BCUT2D eigenvalue weighted by molar-refractivity contribution is 6.30. The summed E-state index contributed by atoms with van der Waals surface area (Å²) < 4.78 is 0. The van der Waals surface area contributed by atoms with Gasteiger partial charge in [-0.1, -0.05) is 48.0 Å². The molecule has 1 saturated heterocycles. The molecule has 3 aliphatic rings. The van der Waals surface area contributed by atoms with Gasteiger partial charge in [0.15, 0.2) is 0 Å². The first-order valence-corrected chi connectivity index (χ1v) is 10.1. The zero-order valence-electron chi connectivity index (χ0n) is 15.3. The SMILES string of the molecule is O[C@@H]1[C@@H](N2CC=CC2)c2ccccc2C12CCN(c1ccc(Cl)cn1)CC2. The first-order chi connectivity index (χ1) is 13.2. The summed E-state index contributed by atoms with van der Waals surface area (Å²) in [5.74, 6) is 0.968. The summed E-state index contributed by atoms with van der Waals surface area (Å²) in [6.07, 6.45) is 7.62. The maximum atomic E-state index is 11.5. The van der Waals surface area contributed by atoms with E-state index in [9.17, 15) is 5.11 Å². The number of hydrogen-bond acceptors (Lipinski definition) is 4. The molecule has 1 fully saturated rings. The molecule has 1 aromatic carbocycles. The number of rotatable bonds is 2. The molecule has 1 aromatic heterocycles. The summed E-state index contributed by atoms with van der Waals surface area (Å²) in [7, 11) is 0. The van der Waals surface area contributed by atoms with Gasteiger partial charge in [0, 0.05) is 37.8 Å². The minimum atomic E-state index is -0.366. The van der Waals surface area contributed by atoms with Crippen LogP contribution in [0, 0.1) is 0 Å². The van der Waals surface area contributed by atoms with Crippen LogP contribution in [0.5, 0.6) is 0 Å². The average Bonchev–Trinajstić information content (AvgIpc) is 3.30. The van der Waals surface area contributed by atoms with Crippen LogP contribution in [0.4, 0.5) is 5.82 Å². The van der Waals surface area contributed by atoms with Crippen LogP contribution in [-0.2, 0) is 5.41 Å². The summed E-state index contributed by atoms with van der Waals surface area (Å²) >= 11 is 5.98. The maximum Gasteiger partial charge on any atom is 0.128 e. The maximum absolute atomic E-state index is 11.5. The van der Waals surface area contributed by atoms with E-state index in [2.05, 4.69) is 51.2 Å². The highest BCUT2D eigenvalue weighted by Gasteiger charge is 2.54. The van der Waals surface area contributed by atoms with Crippen LogP contribution in [0.1, 0.15) is 30.0 Å². The molecule has 2 atom stereocenters. The van der Waals surface area contributed by atoms with E-state index < -0.39 is 0 Å². The number of pyridine rings is 1. The lowest BCUT2D eigenvalue weighted by Crippen LogP contribution is -2.49. The van der Waals surface area contributed by atoms with Gasteiger partial charge in [0.05, 0.1) is 17.2 Å². The predicted octanol–water partition coefficient (Wildman–Crippen LogP) is 3.56. The fraction of sp³-hybridized carbons (Fsp3) is 0.409. The highest BCUT2D eigenvalue weighted by atomic mass is 35.5. The monoisotopic (exact) mass is 381 g/mol. The number of aliphatic hydroxyl groups excluding tert-OH is 1. The van der Waals surface area contributed by atoms with Crippen LogP contribution >= 0.6 is 11.6 Å². The molecular formula is C22H24ClN3O. The first kappa shape index (κ1) is 17.2. The number of fused-ring (bicyclic) bond motifs is 2. The van der Waals surface area contributed by atoms with Crippen molar-refractivity contribution < 1.29 is 5.11 Å². The molecule has 1 spiro atoms. The molecule has 1 N–H and O–H groups in total. The van der Waals surface area contributed by atoms with Gasteiger partial charge in [-0.15, -0.1) is 0 Å². The van der Waals surface area contributed by atoms with Gasteiger partial charge in [-0.3, -0.25) is 4.90 Å². The number of hydrogen-bond donors (Lipinski definition) is 1. The van der Waals surface area contributed by atoms with E-state index >= 15 is 0 Å². The minimum Gasteiger partial charge on any atom is -0.390 e. The van der Waals surface area contributed by atoms with Gasteiger partial charge in [0.1, 0.15) is 5.82 Å². The molecule has 5 heteroatoms. The van der Waals surface area contributed by atoms with Gasteiger partial charge >= 0.3 is 0 Å². The third-order valence-electron chi connectivity index (χ3n) is 6.61. The van der Waals surface area contributed by atoms with Gasteiger partial charge in [-0.2, -0.15) is 0 Å². The Bertz CT molecular complexity index is 850. The lowest BCUT2D eigenvalue weighted by atomic mass is 9.72. The summed E-state index contributed by atoms with van der Waals surface area (Å²) in [5, 5.41) is 12.2. The number of aromatic nitrogens is 1. The quantitative estimate of drug-likeness (QED) is 0.807. The second-order valence-electron chi connectivity index (χ2n) is 7.88. The molecule has 0 radical (unpaired) electrons. The van der Waals surface area contributed by atoms with Crippen molar-refractivity contribution >= 4 is 17.4 Å². The molecule has 0 bridgehead atoms. The Morgan fingerprint density at radius 2 is 1.78 bits per heavy atom. The van der Waals surface area contributed by atoms with Crippen molar-refractivity contribution in [2.24, 2.45) is 0 Å². The van der Waals surface area contributed by atoms with E-state index in [1.54, 1.807) is 6.20 Å². The molecule has 3 heterocycles. The van der Waals surface area contributed by atoms with Crippen molar-refractivity contribution in [2.75, 3.05) is 31.1 Å². The van der Waals surface area contributed by atoms with Crippen LogP contribution in [0.25, 0.3) is 0 Å². The van der Waals surface area contributed by atoms with Crippen molar-refractivity contribution in [1.29, 1.82) is 0 Å². The van der Waals surface area contributed by atoms with E-state index in [0.717, 1.165) is 44.8 Å². The molecule has 4 nitrogen and oxygen atoms in total. The fourth-order valence-corrected chi connectivity index (χ4v) is 5.32. The molecule has 140 valence electrons.